The zero-order valence-corrected chi connectivity index (χ0v) is 8.27. The second-order valence-corrected chi connectivity index (χ2v) is 3.10. The van der Waals surface area contributed by atoms with Gasteiger partial charge in [-0.05, 0) is 18.1 Å². The van der Waals surface area contributed by atoms with Crippen LogP contribution in [-0.4, -0.2) is 22.8 Å². The fourth-order valence-electron chi connectivity index (χ4n) is 1.23. The molecule has 0 aliphatic rings. The lowest BCUT2D eigenvalue weighted by atomic mass is 10.3. The minimum absolute atomic E-state index is 0.0595. The van der Waals surface area contributed by atoms with Gasteiger partial charge in [-0.3, -0.25) is 4.79 Å². The normalized spacial score (nSPS) is 10.1. The molecule has 0 aliphatic heterocycles. The molecule has 0 aromatic carbocycles. The summed E-state index contributed by atoms with van der Waals surface area (Å²) in [6.45, 7) is 0.832. The molecule has 0 radical (unpaired) electrons. The molecule has 1 rings (SSSR count). The Hall–Kier alpha value is -1.29. The summed E-state index contributed by atoms with van der Waals surface area (Å²) in [6, 6.07) is 1.86. The van der Waals surface area contributed by atoms with Crippen LogP contribution in [0, 0.1) is 0 Å². The Balaban J connectivity index is 2.27. The van der Waals surface area contributed by atoms with E-state index in [0.29, 0.717) is 6.42 Å². The van der Waals surface area contributed by atoms with Gasteiger partial charge in [0.15, 0.2) is 0 Å². The Kier molecular flexibility index (Phi) is 4.19. The van der Waals surface area contributed by atoms with Gasteiger partial charge in [0.05, 0.1) is 13.7 Å². The first-order valence-electron chi connectivity index (χ1n) is 4.58. The Labute approximate surface area is 83.1 Å². The predicted octanol–water partition coefficient (Wildman–Crippen LogP) is 0.934. The van der Waals surface area contributed by atoms with Gasteiger partial charge in [0, 0.05) is 25.4 Å². The number of rotatable bonds is 5. The molecule has 0 bridgehead atoms. The van der Waals surface area contributed by atoms with Crippen LogP contribution in [0.2, 0.25) is 0 Å². The van der Waals surface area contributed by atoms with Crippen molar-refractivity contribution >= 4 is 5.97 Å². The fraction of sp³-hybridized carbons (Fsp3) is 0.500. The molecule has 4 heteroatoms. The van der Waals surface area contributed by atoms with Crippen molar-refractivity contribution in [3.8, 4) is 0 Å². The summed E-state index contributed by atoms with van der Waals surface area (Å²) in [5.74, 6) is -0.181. The number of aryl methyl sites for hydroxylation is 1. The summed E-state index contributed by atoms with van der Waals surface area (Å²) >= 11 is 0. The largest absolute Gasteiger partial charge is 0.469 e. The van der Waals surface area contributed by atoms with Crippen molar-refractivity contribution < 1.29 is 14.6 Å². The van der Waals surface area contributed by atoms with Crippen LogP contribution in [0.3, 0.4) is 0 Å². The average Bonchev–Trinajstić information content (AvgIpc) is 2.65. The van der Waals surface area contributed by atoms with Gasteiger partial charge in [0.2, 0.25) is 0 Å². The topological polar surface area (TPSA) is 51.5 Å². The number of hydrogen-bond donors (Lipinski definition) is 1. The van der Waals surface area contributed by atoms with Gasteiger partial charge in [-0.15, -0.1) is 0 Å². The van der Waals surface area contributed by atoms with Crippen LogP contribution >= 0.6 is 0 Å². The quantitative estimate of drug-likeness (QED) is 0.714. The summed E-state index contributed by atoms with van der Waals surface area (Å²) in [5, 5.41) is 8.82. The number of nitrogens with zero attached hydrogens (tertiary/aromatic N) is 1. The molecular weight excluding hydrogens is 182 g/mol. The highest BCUT2D eigenvalue weighted by molar-refractivity contribution is 5.68. The van der Waals surface area contributed by atoms with Crippen molar-refractivity contribution in [3.05, 3.63) is 24.0 Å². The first-order valence-corrected chi connectivity index (χ1v) is 4.58. The second kappa shape index (κ2) is 5.44. The van der Waals surface area contributed by atoms with Crippen LogP contribution in [0.25, 0.3) is 0 Å². The van der Waals surface area contributed by atoms with Gasteiger partial charge in [-0.1, -0.05) is 0 Å². The van der Waals surface area contributed by atoms with E-state index in [2.05, 4.69) is 4.74 Å². The number of aromatic nitrogens is 1. The second-order valence-electron chi connectivity index (χ2n) is 3.10. The van der Waals surface area contributed by atoms with Crippen LogP contribution in [0.15, 0.2) is 18.5 Å². The molecule has 0 saturated heterocycles. The lowest BCUT2D eigenvalue weighted by molar-refractivity contribution is -0.140. The smallest absolute Gasteiger partial charge is 0.305 e. The summed E-state index contributed by atoms with van der Waals surface area (Å²) in [6.07, 6.45) is 4.95. The minimum atomic E-state index is -0.181. The van der Waals surface area contributed by atoms with E-state index in [1.165, 1.54) is 7.11 Å². The molecule has 14 heavy (non-hydrogen) atoms. The molecule has 0 atom stereocenters. The maximum Gasteiger partial charge on any atom is 0.305 e. The van der Waals surface area contributed by atoms with Crippen LogP contribution in [0.4, 0.5) is 0 Å². The van der Waals surface area contributed by atoms with E-state index in [-0.39, 0.29) is 12.6 Å². The molecule has 0 saturated carbocycles. The third-order valence-electron chi connectivity index (χ3n) is 2.02. The fourth-order valence-corrected chi connectivity index (χ4v) is 1.23. The highest BCUT2D eigenvalue weighted by Gasteiger charge is 2.00. The number of aliphatic hydroxyl groups excluding tert-OH is 1. The van der Waals surface area contributed by atoms with Crippen LogP contribution in [0.5, 0.6) is 0 Å². The molecule has 1 aromatic heterocycles. The van der Waals surface area contributed by atoms with E-state index in [0.717, 1.165) is 18.5 Å². The molecule has 0 amide bonds. The lowest BCUT2D eigenvalue weighted by Gasteiger charge is -2.01. The predicted molar refractivity (Wildman–Crippen MR) is 51.6 cm³/mol. The number of methoxy groups -OCH3 is 1. The molecule has 78 valence electrons. The van der Waals surface area contributed by atoms with Crippen molar-refractivity contribution in [1.29, 1.82) is 0 Å². The Morgan fingerprint density at radius 2 is 2.43 bits per heavy atom. The number of ether oxygens (including phenoxy) is 1. The van der Waals surface area contributed by atoms with E-state index in [9.17, 15) is 4.79 Å². The molecule has 4 nitrogen and oxygen atoms in total. The van der Waals surface area contributed by atoms with E-state index in [1.54, 1.807) is 0 Å². The molecular formula is C10H15NO3. The lowest BCUT2D eigenvalue weighted by Crippen LogP contribution is -2.02. The van der Waals surface area contributed by atoms with Crippen molar-refractivity contribution in [2.24, 2.45) is 0 Å². The highest BCUT2D eigenvalue weighted by Crippen LogP contribution is 2.03. The third kappa shape index (κ3) is 3.22. The maximum atomic E-state index is 10.8. The highest BCUT2D eigenvalue weighted by atomic mass is 16.5. The molecule has 0 spiro atoms. The van der Waals surface area contributed by atoms with Crippen LogP contribution < -0.4 is 0 Å². The summed E-state index contributed by atoms with van der Waals surface area (Å²) in [4.78, 5) is 10.8. The summed E-state index contributed by atoms with van der Waals surface area (Å²) < 4.78 is 6.48. The zero-order chi connectivity index (χ0) is 10.4. The number of aliphatic hydroxyl groups is 1. The van der Waals surface area contributed by atoms with Gasteiger partial charge in [0.1, 0.15) is 0 Å². The number of carbonyl (C=O) groups excluding carboxylic acids is 1. The molecule has 1 N–H and O–H groups in total. The van der Waals surface area contributed by atoms with E-state index >= 15 is 0 Å². The third-order valence-corrected chi connectivity index (χ3v) is 2.02. The maximum absolute atomic E-state index is 10.8. The zero-order valence-electron chi connectivity index (χ0n) is 8.27. The standard InChI is InChI=1S/C10H15NO3/c1-14-10(13)3-2-5-11-6-4-9(7-11)8-12/h4,6-7,12H,2-3,5,8H2,1H3. The van der Waals surface area contributed by atoms with Gasteiger partial charge in [0.25, 0.3) is 0 Å². The number of hydrogen-bond acceptors (Lipinski definition) is 3. The number of esters is 1. The molecule has 0 fully saturated rings. The van der Waals surface area contributed by atoms with Gasteiger partial charge in [-0.2, -0.15) is 0 Å². The first kappa shape index (κ1) is 10.8. The molecule has 1 aromatic rings. The summed E-state index contributed by atoms with van der Waals surface area (Å²) in [5.41, 5.74) is 0.892. The van der Waals surface area contributed by atoms with Crippen molar-refractivity contribution in [3.63, 3.8) is 0 Å². The van der Waals surface area contributed by atoms with Crippen molar-refractivity contribution in [2.45, 2.75) is 26.0 Å². The van der Waals surface area contributed by atoms with Crippen LogP contribution in [0.1, 0.15) is 18.4 Å². The van der Waals surface area contributed by atoms with Crippen molar-refractivity contribution in [2.75, 3.05) is 7.11 Å². The monoisotopic (exact) mass is 197 g/mol. The van der Waals surface area contributed by atoms with Gasteiger partial charge in [-0.25, -0.2) is 0 Å². The average molecular weight is 197 g/mol. The van der Waals surface area contributed by atoms with Crippen molar-refractivity contribution in [1.82, 2.24) is 4.57 Å². The Bertz CT molecular complexity index is 293. The SMILES string of the molecule is COC(=O)CCCn1ccc(CO)c1. The Morgan fingerprint density at radius 3 is 3.00 bits per heavy atom. The molecule has 1 heterocycles. The summed E-state index contributed by atoms with van der Waals surface area (Å²) in [7, 11) is 1.39. The van der Waals surface area contributed by atoms with Gasteiger partial charge < -0.3 is 14.4 Å². The molecule has 0 aliphatic carbocycles. The van der Waals surface area contributed by atoms with Crippen LogP contribution in [-0.2, 0) is 22.7 Å². The minimum Gasteiger partial charge on any atom is -0.469 e. The van der Waals surface area contributed by atoms with E-state index in [4.69, 9.17) is 5.11 Å². The Morgan fingerprint density at radius 1 is 1.64 bits per heavy atom. The van der Waals surface area contributed by atoms with E-state index in [1.807, 2.05) is 23.0 Å². The molecule has 0 unspecified atom stereocenters. The number of carbonyl (C=O) groups is 1. The first-order chi connectivity index (χ1) is 6.76. The van der Waals surface area contributed by atoms with E-state index < -0.39 is 0 Å². The van der Waals surface area contributed by atoms with Gasteiger partial charge >= 0.3 is 5.97 Å².